The van der Waals surface area contributed by atoms with Crippen molar-refractivity contribution in [3.8, 4) is 0 Å². The van der Waals surface area contributed by atoms with E-state index in [2.05, 4.69) is 4.72 Å². The van der Waals surface area contributed by atoms with E-state index in [9.17, 15) is 17.9 Å². The lowest BCUT2D eigenvalue weighted by Crippen LogP contribution is -2.36. The van der Waals surface area contributed by atoms with Crippen LogP contribution >= 0.6 is 11.3 Å². The van der Waals surface area contributed by atoms with Crippen LogP contribution in [0.1, 0.15) is 23.5 Å². The van der Waals surface area contributed by atoms with Crippen molar-refractivity contribution in [3.05, 3.63) is 52.7 Å². The van der Waals surface area contributed by atoms with Crippen molar-refractivity contribution in [2.45, 2.75) is 30.2 Å². The van der Waals surface area contributed by atoms with E-state index < -0.39 is 28.0 Å². The van der Waals surface area contributed by atoms with Crippen LogP contribution in [0.5, 0.6) is 0 Å². The van der Waals surface area contributed by atoms with Crippen molar-refractivity contribution in [1.82, 2.24) is 4.72 Å². The third-order valence-electron chi connectivity index (χ3n) is 3.01. The van der Waals surface area contributed by atoms with Gasteiger partial charge in [-0.3, -0.25) is 0 Å². The Morgan fingerprint density at radius 2 is 1.81 bits per heavy atom. The minimum Gasteiger partial charge on any atom is -0.387 e. The maximum absolute atomic E-state index is 12.9. The number of thiophene rings is 1. The summed E-state index contributed by atoms with van der Waals surface area (Å²) in [5, 5.41) is 10.1. The summed E-state index contributed by atoms with van der Waals surface area (Å²) in [5.41, 5.74) is 0.453. The van der Waals surface area contributed by atoms with Gasteiger partial charge in [0, 0.05) is 10.9 Å². The van der Waals surface area contributed by atoms with Crippen LogP contribution in [0.3, 0.4) is 0 Å². The van der Waals surface area contributed by atoms with Crippen molar-refractivity contribution in [2.24, 2.45) is 0 Å². The van der Waals surface area contributed by atoms with E-state index in [1.54, 1.807) is 13.0 Å². The van der Waals surface area contributed by atoms with Crippen LogP contribution in [-0.2, 0) is 10.0 Å². The SMILES string of the molecule is Cc1ccc(S(=O)(=O)NC(C)C(O)c2ccc(F)cc2)s1. The van der Waals surface area contributed by atoms with Crippen LogP contribution in [0.15, 0.2) is 40.6 Å². The number of rotatable bonds is 5. The lowest BCUT2D eigenvalue weighted by Gasteiger charge is -2.20. The predicted molar refractivity (Wildman–Crippen MR) is 80.2 cm³/mol. The van der Waals surface area contributed by atoms with E-state index >= 15 is 0 Å². The Hall–Kier alpha value is -1.28. The van der Waals surface area contributed by atoms with E-state index in [1.807, 2.05) is 6.92 Å². The number of aliphatic hydroxyl groups is 1. The normalized spacial score (nSPS) is 14.9. The number of nitrogens with one attached hydrogen (secondary N) is 1. The van der Waals surface area contributed by atoms with Crippen molar-refractivity contribution in [3.63, 3.8) is 0 Å². The van der Waals surface area contributed by atoms with Gasteiger partial charge < -0.3 is 5.11 Å². The molecule has 114 valence electrons. The molecule has 0 spiro atoms. The van der Waals surface area contributed by atoms with Crippen molar-refractivity contribution >= 4 is 21.4 Å². The summed E-state index contributed by atoms with van der Waals surface area (Å²) in [4.78, 5) is 0.891. The second kappa shape index (κ2) is 6.23. The van der Waals surface area contributed by atoms with Crippen LogP contribution in [0.2, 0.25) is 0 Å². The van der Waals surface area contributed by atoms with Gasteiger partial charge in [-0.05, 0) is 43.7 Å². The lowest BCUT2D eigenvalue weighted by atomic mass is 10.0. The number of aliphatic hydroxyl groups excluding tert-OH is 1. The Morgan fingerprint density at radius 1 is 1.19 bits per heavy atom. The Bertz CT molecular complexity index is 710. The van der Waals surface area contributed by atoms with Gasteiger partial charge in [0.2, 0.25) is 10.0 Å². The number of benzene rings is 1. The fourth-order valence-corrected chi connectivity index (χ4v) is 4.42. The van der Waals surface area contributed by atoms with Crippen LogP contribution in [0.4, 0.5) is 4.39 Å². The fraction of sp³-hybridized carbons (Fsp3) is 0.286. The monoisotopic (exact) mass is 329 g/mol. The Balaban J connectivity index is 2.13. The average Bonchev–Trinajstić information content (AvgIpc) is 2.86. The first-order chi connectivity index (χ1) is 9.79. The zero-order valence-electron chi connectivity index (χ0n) is 11.6. The largest absolute Gasteiger partial charge is 0.387 e. The standard InChI is InChI=1S/C14H16FNO3S2/c1-9-3-8-13(20-9)21(18,19)16-10(2)14(17)11-4-6-12(15)7-5-11/h3-8,10,14,16-17H,1-2H3. The zero-order valence-corrected chi connectivity index (χ0v) is 13.2. The van der Waals surface area contributed by atoms with Gasteiger partial charge in [0.1, 0.15) is 10.0 Å². The highest BCUT2D eigenvalue weighted by Crippen LogP contribution is 2.23. The molecule has 0 radical (unpaired) electrons. The molecule has 0 bridgehead atoms. The molecule has 4 nitrogen and oxygen atoms in total. The third-order valence-corrected chi connectivity index (χ3v) is 6.06. The average molecular weight is 329 g/mol. The van der Waals surface area contributed by atoms with Gasteiger partial charge in [0.05, 0.1) is 6.10 Å². The van der Waals surface area contributed by atoms with Gasteiger partial charge in [-0.25, -0.2) is 17.5 Å². The first-order valence-corrected chi connectivity index (χ1v) is 8.62. The highest BCUT2D eigenvalue weighted by Gasteiger charge is 2.24. The quantitative estimate of drug-likeness (QED) is 0.886. The molecule has 0 aliphatic heterocycles. The highest BCUT2D eigenvalue weighted by atomic mass is 32.2. The molecular formula is C14H16FNO3S2. The molecule has 2 aromatic rings. The lowest BCUT2D eigenvalue weighted by molar-refractivity contribution is 0.146. The highest BCUT2D eigenvalue weighted by molar-refractivity contribution is 7.91. The second-order valence-corrected chi connectivity index (χ2v) is 8.00. The number of aryl methyl sites for hydroxylation is 1. The third kappa shape index (κ3) is 3.88. The van der Waals surface area contributed by atoms with Gasteiger partial charge in [-0.15, -0.1) is 11.3 Å². The molecule has 1 aromatic carbocycles. The summed E-state index contributed by atoms with van der Waals surface area (Å²) in [5.74, 6) is -0.409. The summed E-state index contributed by atoms with van der Waals surface area (Å²) < 4.78 is 39.8. The molecule has 1 aromatic heterocycles. The van der Waals surface area contributed by atoms with E-state index in [0.717, 1.165) is 16.2 Å². The maximum Gasteiger partial charge on any atom is 0.250 e. The summed E-state index contributed by atoms with van der Waals surface area (Å²) in [6.45, 7) is 3.38. The summed E-state index contributed by atoms with van der Waals surface area (Å²) in [7, 11) is -3.67. The Labute approximate surface area is 127 Å². The van der Waals surface area contributed by atoms with E-state index in [4.69, 9.17) is 0 Å². The molecule has 0 saturated carbocycles. The molecular weight excluding hydrogens is 313 g/mol. The molecule has 0 saturated heterocycles. The minimum atomic E-state index is -3.67. The van der Waals surface area contributed by atoms with Crippen molar-refractivity contribution in [1.29, 1.82) is 0 Å². The molecule has 0 fully saturated rings. The number of sulfonamides is 1. The smallest absolute Gasteiger partial charge is 0.250 e. The van der Waals surface area contributed by atoms with Crippen LogP contribution < -0.4 is 4.72 Å². The Kier molecular flexibility index (Phi) is 4.77. The van der Waals surface area contributed by atoms with Gasteiger partial charge in [-0.1, -0.05) is 12.1 Å². The Morgan fingerprint density at radius 3 is 2.33 bits per heavy atom. The van der Waals surface area contributed by atoms with Gasteiger partial charge in [0.25, 0.3) is 0 Å². The molecule has 2 unspecified atom stereocenters. The fourth-order valence-electron chi connectivity index (χ4n) is 1.87. The topological polar surface area (TPSA) is 66.4 Å². The molecule has 1 heterocycles. The number of hydrogen-bond donors (Lipinski definition) is 2. The molecule has 2 rings (SSSR count). The first kappa shape index (κ1) is 16.1. The molecule has 0 aliphatic carbocycles. The van der Waals surface area contributed by atoms with Gasteiger partial charge in [-0.2, -0.15) is 0 Å². The van der Waals surface area contributed by atoms with Crippen molar-refractivity contribution in [2.75, 3.05) is 0 Å². The zero-order chi connectivity index (χ0) is 15.6. The van der Waals surface area contributed by atoms with E-state index in [-0.39, 0.29) is 4.21 Å². The maximum atomic E-state index is 12.9. The van der Waals surface area contributed by atoms with Gasteiger partial charge in [0.15, 0.2) is 0 Å². The second-order valence-electron chi connectivity index (χ2n) is 4.77. The molecule has 2 N–H and O–H groups in total. The number of hydrogen-bond acceptors (Lipinski definition) is 4. The van der Waals surface area contributed by atoms with Crippen molar-refractivity contribution < 1.29 is 17.9 Å². The summed E-state index contributed by atoms with van der Waals surface area (Å²) in [6.07, 6.45) is -1.05. The molecule has 0 amide bonds. The molecule has 21 heavy (non-hydrogen) atoms. The molecule has 2 atom stereocenters. The van der Waals surface area contributed by atoms with Gasteiger partial charge >= 0.3 is 0 Å². The summed E-state index contributed by atoms with van der Waals surface area (Å²) in [6, 6.07) is 7.83. The van der Waals surface area contributed by atoms with Crippen LogP contribution in [0.25, 0.3) is 0 Å². The van der Waals surface area contributed by atoms with E-state index in [1.165, 1.54) is 30.3 Å². The summed E-state index contributed by atoms with van der Waals surface area (Å²) >= 11 is 1.16. The molecule has 0 aliphatic rings. The van der Waals surface area contributed by atoms with Crippen LogP contribution in [-0.4, -0.2) is 19.6 Å². The predicted octanol–water partition coefficient (Wildman–Crippen LogP) is 2.60. The van der Waals surface area contributed by atoms with Crippen LogP contribution in [0, 0.1) is 12.7 Å². The molecule has 7 heteroatoms. The minimum absolute atomic E-state index is 0.207. The number of halogens is 1. The first-order valence-electron chi connectivity index (χ1n) is 6.32. The van der Waals surface area contributed by atoms with E-state index in [0.29, 0.717) is 5.56 Å².